The minimum Gasteiger partial charge on any atom is -0.481 e. The van der Waals surface area contributed by atoms with Gasteiger partial charge in [-0.25, -0.2) is 0 Å². The molecule has 0 amide bonds. The van der Waals surface area contributed by atoms with Gasteiger partial charge in [0.05, 0.1) is 12.5 Å². The van der Waals surface area contributed by atoms with Gasteiger partial charge < -0.3 is 15.0 Å². The number of nitrogens with one attached hydrogen (secondary N) is 1. The molecule has 1 heterocycles. The van der Waals surface area contributed by atoms with Gasteiger partial charge >= 0.3 is 5.97 Å². The van der Waals surface area contributed by atoms with Crippen LogP contribution in [0.5, 0.6) is 0 Å². The first-order chi connectivity index (χ1) is 8.66. The van der Waals surface area contributed by atoms with E-state index in [4.69, 9.17) is 0 Å². The number of nitrogens with zero attached hydrogens (tertiary/aromatic N) is 3. The Morgan fingerprint density at radius 3 is 3.00 bits per heavy atom. The number of rotatable bonds is 4. The summed E-state index contributed by atoms with van der Waals surface area (Å²) in [5.74, 6) is 0.852. The number of hydrogen-bond donors (Lipinski definition) is 2. The fraction of sp³-hybridized carbons (Fsp3) is 0.750. The molecule has 1 aromatic heterocycles. The molecule has 4 atom stereocenters. The summed E-state index contributed by atoms with van der Waals surface area (Å²) in [5.41, 5.74) is 0. The second-order valence-corrected chi connectivity index (χ2v) is 5.46. The third kappa shape index (κ3) is 1.80. The molecule has 1 aromatic rings. The molecule has 98 valence electrons. The van der Waals surface area contributed by atoms with E-state index in [1.165, 1.54) is 0 Å². The minimum absolute atomic E-state index is 0.0953. The molecule has 0 saturated heterocycles. The molecule has 6 nitrogen and oxygen atoms in total. The van der Waals surface area contributed by atoms with Crippen LogP contribution >= 0.6 is 0 Å². The maximum Gasteiger partial charge on any atom is 0.308 e. The summed E-state index contributed by atoms with van der Waals surface area (Å²) >= 11 is 0. The molecule has 4 unspecified atom stereocenters. The molecule has 2 aliphatic rings. The smallest absolute Gasteiger partial charge is 0.308 e. The van der Waals surface area contributed by atoms with E-state index in [2.05, 4.69) is 15.5 Å². The highest BCUT2D eigenvalue weighted by atomic mass is 16.4. The Morgan fingerprint density at radius 2 is 2.33 bits per heavy atom. The van der Waals surface area contributed by atoms with E-state index < -0.39 is 5.97 Å². The summed E-state index contributed by atoms with van der Waals surface area (Å²) in [4.78, 5) is 11.4. The lowest BCUT2D eigenvalue weighted by atomic mass is 9.84. The van der Waals surface area contributed by atoms with E-state index in [-0.39, 0.29) is 12.0 Å². The minimum atomic E-state index is -0.655. The van der Waals surface area contributed by atoms with Crippen molar-refractivity contribution in [3.05, 3.63) is 12.2 Å². The first-order valence-electron chi connectivity index (χ1n) is 6.46. The summed E-state index contributed by atoms with van der Waals surface area (Å²) in [6, 6.07) is 0.0953. The van der Waals surface area contributed by atoms with E-state index in [1.807, 2.05) is 11.6 Å². The first kappa shape index (κ1) is 11.6. The average Bonchev–Trinajstić information content (AvgIpc) is 3.00. The van der Waals surface area contributed by atoms with Crippen LogP contribution in [0.2, 0.25) is 0 Å². The van der Waals surface area contributed by atoms with Crippen molar-refractivity contribution >= 4 is 5.97 Å². The first-order valence-corrected chi connectivity index (χ1v) is 6.46. The summed E-state index contributed by atoms with van der Waals surface area (Å²) < 4.78 is 1.86. The van der Waals surface area contributed by atoms with E-state index in [0.29, 0.717) is 18.4 Å². The second kappa shape index (κ2) is 4.35. The van der Waals surface area contributed by atoms with Crippen LogP contribution in [0.25, 0.3) is 0 Å². The number of fused-ring (bicyclic) bond motifs is 2. The Balaban J connectivity index is 1.68. The largest absolute Gasteiger partial charge is 0.481 e. The van der Waals surface area contributed by atoms with Crippen molar-refractivity contribution in [1.82, 2.24) is 20.1 Å². The predicted molar refractivity (Wildman–Crippen MR) is 63.6 cm³/mol. The third-order valence-corrected chi connectivity index (χ3v) is 4.50. The van der Waals surface area contributed by atoms with Crippen molar-refractivity contribution in [2.75, 3.05) is 0 Å². The lowest BCUT2D eigenvalue weighted by molar-refractivity contribution is -0.144. The number of aliphatic carboxylic acids is 1. The van der Waals surface area contributed by atoms with Gasteiger partial charge in [-0.1, -0.05) is 0 Å². The van der Waals surface area contributed by atoms with E-state index in [9.17, 15) is 9.90 Å². The summed E-state index contributed by atoms with van der Waals surface area (Å²) in [6.07, 6.45) is 4.95. The topological polar surface area (TPSA) is 80.0 Å². The molecule has 2 saturated carbocycles. The maximum atomic E-state index is 11.4. The molecule has 0 radical (unpaired) electrons. The van der Waals surface area contributed by atoms with Crippen molar-refractivity contribution in [2.24, 2.45) is 24.8 Å². The fourth-order valence-corrected chi connectivity index (χ4v) is 3.62. The number of carboxylic acid groups (broad SMARTS) is 1. The van der Waals surface area contributed by atoms with Crippen LogP contribution in [0.3, 0.4) is 0 Å². The predicted octanol–water partition coefficient (Wildman–Crippen LogP) is 0.404. The zero-order valence-electron chi connectivity index (χ0n) is 10.4. The van der Waals surface area contributed by atoms with Gasteiger partial charge in [0.15, 0.2) is 0 Å². The quantitative estimate of drug-likeness (QED) is 0.808. The number of aryl methyl sites for hydroxylation is 1. The van der Waals surface area contributed by atoms with Crippen LogP contribution in [0, 0.1) is 17.8 Å². The Labute approximate surface area is 105 Å². The van der Waals surface area contributed by atoms with Gasteiger partial charge in [0.1, 0.15) is 12.2 Å². The average molecular weight is 250 g/mol. The van der Waals surface area contributed by atoms with Crippen LogP contribution in [0.15, 0.2) is 6.33 Å². The molecule has 2 N–H and O–H groups in total. The van der Waals surface area contributed by atoms with Crippen LogP contribution in [0.1, 0.15) is 25.1 Å². The van der Waals surface area contributed by atoms with E-state index in [0.717, 1.165) is 25.1 Å². The van der Waals surface area contributed by atoms with Crippen molar-refractivity contribution < 1.29 is 9.90 Å². The highest BCUT2D eigenvalue weighted by molar-refractivity contribution is 5.72. The summed E-state index contributed by atoms with van der Waals surface area (Å²) in [5, 5.41) is 20.6. The van der Waals surface area contributed by atoms with Crippen molar-refractivity contribution in [3.63, 3.8) is 0 Å². The van der Waals surface area contributed by atoms with E-state index >= 15 is 0 Å². The lowest BCUT2D eigenvalue weighted by Crippen LogP contribution is -2.44. The number of hydrogen-bond acceptors (Lipinski definition) is 4. The normalized spacial score (nSPS) is 34.1. The van der Waals surface area contributed by atoms with Crippen LogP contribution in [-0.4, -0.2) is 31.9 Å². The lowest BCUT2D eigenvalue weighted by Gasteiger charge is -2.28. The van der Waals surface area contributed by atoms with E-state index in [1.54, 1.807) is 6.33 Å². The Hall–Kier alpha value is -1.43. The molecular formula is C12H18N4O2. The van der Waals surface area contributed by atoms with Gasteiger partial charge in [-0.3, -0.25) is 4.79 Å². The van der Waals surface area contributed by atoms with Gasteiger partial charge in [-0.05, 0) is 31.1 Å². The molecular weight excluding hydrogens is 232 g/mol. The third-order valence-electron chi connectivity index (χ3n) is 4.50. The molecule has 0 aromatic carbocycles. The molecule has 0 aliphatic heterocycles. The number of carbonyl (C=O) groups is 1. The molecule has 3 rings (SSSR count). The number of carboxylic acids is 1. The molecule has 2 aliphatic carbocycles. The Bertz CT molecular complexity index is 459. The monoisotopic (exact) mass is 250 g/mol. The molecule has 2 fully saturated rings. The molecule has 2 bridgehead atoms. The van der Waals surface area contributed by atoms with Gasteiger partial charge in [-0.2, -0.15) is 0 Å². The zero-order valence-corrected chi connectivity index (χ0v) is 10.4. The summed E-state index contributed by atoms with van der Waals surface area (Å²) in [7, 11) is 1.90. The number of aromatic nitrogens is 3. The van der Waals surface area contributed by atoms with Crippen LogP contribution in [-0.2, 0) is 18.4 Å². The van der Waals surface area contributed by atoms with Crippen LogP contribution < -0.4 is 5.32 Å². The molecule has 18 heavy (non-hydrogen) atoms. The standard InChI is InChI=1S/C12H18N4O2/c1-16-6-14-15-9(16)5-13-11-8-3-2-7(4-8)10(11)12(17)18/h6-8,10-11,13H,2-5H2,1H3,(H,17,18). The highest BCUT2D eigenvalue weighted by Gasteiger charge is 2.50. The van der Waals surface area contributed by atoms with Crippen molar-refractivity contribution in [1.29, 1.82) is 0 Å². The second-order valence-electron chi connectivity index (χ2n) is 5.46. The SMILES string of the molecule is Cn1cnnc1CNC1C2CCC(C2)C1C(=O)O. The van der Waals surface area contributed by atoms with Gasteiger partial charge in [0.2, 0.25) is 0 Å². The summed E-state index contributed by atoms with van der Waals surface area (Å²) in [6.45, 7) is 0.591. The van der Waals surface area contributed by atoms with Crippen LogP contribution in [0.4, 0.5) is 0 Å². The highest BCUT2D eigenvalue weighted by Crippen LogP contribution is 2.48. The molecule has 0 spiro atoms. The van der Waals surface area contributed by atoms with Crippen molar-refractivity contribution in [3.8, 4) is 0 Å². The Kier molecular flexibility index (Phi) is 2.81. The molecule has 6 heteroatoms. The van der Waals surface area contributed by atoms with Crippen molar-refractivity contribution in [2.45, 2.75) is 31.8 Å². The maximum absolute atomic E-state index is 11.4. The Morgan fingerprint density at radius 1 is 1.56 bits per heavy atom. The fourth-order valence-electron chi connectivity index (χ4n) is 3.62. The van der Waals surface area contributed by atoms with Gasteiger partial charge in [0, 0.05) is 13.1 Å². The van der Waals surface area contributed by atoms with Gasteiger partial charge in [-0.15, -0.1) is 10.2 Å². The van der Waals surface area contributed by atoms with Gasteiger partial charge in [0.25, 0.3) is 0 Å². The zero-order chi connectivity index (χ0) is 12.7.